The first-order chi connectivity index (χ1) is 10.8. The molecule has 0 bridgehead atoms. The number of anilines is 1. The Morgan fingerprint density at radius 1 is 1.30 bits per heavy atom. The van der Waals surface area contributed by atoms with Gasteiger partial charge in [0.2, 0.25) is 0 Å². The molecule has 0 aliphatic rings. The van der Waals surface area contributed by atoms with E-state index in [0.29, 0.717) is 28.2 Å². The summed E-state index contributed by atoms with van der Waals surface area (Å²) in [5.41, 5.74) is 2.35. The number of hydrogen-bond acceptors (Lipinski definition) is 3. The molecular weight excluding hydrogens is 297 g/mol. The van der Waals surface area contributed by atoms with Crippen molar-refractivity contribution in [3.8, 4) is 6.07 Å². The lowest BCUT2D eigenvalue weighted by molar-refractivity contribution is 0.101. The summed E-state index contributed by atoms with van der Waals surface area (Å²) in [6.45, 7) is 4.94. The lowest BCUT2D eigenvalue weighted by Crippen LogP contribution is -2.17. The third-order valence-corrected chi connectivity index (χ3v) is 3.84. The number of aromatic nitrogens is 1. The van der Waals surface area contributed by atoms with Gasteiger partial charge < -0.3 is 9.88 Å². The predicted octanol–water partition coefficient (Wildman–Crippen LogP) is 3.11. The number of benzene rings is 1. The second-order valence-electron chi connectivity index (χ2n) is 5.31. The van der Waals surface area contributed by atoms with Crippen LogP contribution in [0.15, 0.2) is 18.2 Å². The Balaban J connectivity index is 2.41. The molecule has 0 saturated heterocycles. The van der Waals surface area contributed by atoms with Gasteiger partial charge in [-0.15, -0.1) is 0 Å². The Kier molecular flexibility index (Phi) is 4.32. The van der Waals surface area contributed by atoms with Crippen LogP contribution in [0, 0.1) is 31.0 Å². The molecule has 0 saturated carbocycles. The second-order valence-corrected chi connectivity index (χ2v) is 5.31. The minimum atomic E-state index is -0.643. The average Bonchev–Trinajstić information content (AvgIpc) is 2.71. The summed E-state index contributed by atoms with van der Waals surface area (Å²) in [7, 11) is 1.70. The number of amides is 1. The number of rotatable bonds is 3. The number of nitriles is 1. The van der Waals surface area contributed by atoms with Gasteiger partial charge in [-0.05, 0) is 44.5 Å². The fourth-order valence-electron chi connectivity index (χ4n) is 2.70. The van der Waals surface area contributed by atoms with Crippen LogP contribution in [0.4, 0.5) is 10.1 Å². The van der Waals surface area contributed by atoms with Gasteiger partial charge in [-0.25, -0.2) is 4.39 Å². The summed E-state index contributed by atoms with van der Waals surface area (Å²) in [6.07, 6.45) is 0. The highest BCUT2D eigenvalue weighted by molar-refractivity contribution is 6.08. The summed E-state index contributed by atoms with van der Waals surface area (Å²) < 4.78 is 15.0. The Hall–Kier alpha value is -2.94. The highest BCUT2D eigenvalue weighted by atomic mass is 19.1. The zero-order valence-electron chi connectivity index (χ0n) is 13.3. The molecule has 5 nitrogen and oxygen atoms in total. The summed E-state index contributed by atoms with van der Waals surface area (Å²) >= 11 is 0. The van der Waals surface area contributed by atoms with E-state index in [1.165, 1.54) is 19.1 Å². The van der Waals surface area contributed by atoms with Crippen LogP contribution in [0.3, 0.4) is 0 Å². The normalized spacial score (nSPS) is 10.3. The van der Waals surface area contributed by atoms with Crippen molar-refractivity contribution in [1.82, 2.24) is 4.57 Å². The molecule has 1 amide bonds. The Morgan fingerprint density at radius 3 is 2.48 bits per heavy atom. The molecule has 1 heterocycles. The van der Waals surface area contributed by atoms with E-state index in [4.69, 9.17) is 5.26 Å². The summed E-state index contributed by atoms with van der Waals surface area (Å²) in [5, 5.41) is 11.5. The number of nitrogens with one attached hydrogen (secondary N) is 1. The molecule has 2 rings (SSSR count). The molecule has 118 valence electrons. The maximum absolute atomic E-state index is 13.3. The van der Waals surface area contributed by atoms with E-state index in [1.54, 1.807) is 31.5 Å². The van der Waals surface area contributed by atoms with Crippen molar-refractivity contribution in [1.29, 1.82) is 5.26 Å². The summed E-state index contributed by atoms with van der Waals surface area (Å²) in [6, 6.07) is 5.49. The minimum absolute atomic E-state index is 0.108. The van der Waals surface area contributed by atoms with Crippen molar-refractivity contribution in [3.63, 3.8) is 0 Å². The molecule has 0 aliphatic carbocycles. The number of carbonyl (C=O) groups excluding carboxylic acids is 2. The molecule has 0 fully saturated rings. The van der Waals surface area contributed by atoms with Crippen LogP contribution in [0.1, 0.15) is 44.6 Å². The van der Waals surface area contributed by atoms with E-state index < -0.39 is 11.7 Å². The van der Waals surface area contributed by atoms with Gasteiger partial charge in [0, 0.05) is 24.0 Å². The smallest absolute Gasteiger partial charge is 0.272 e. The quantitative estimate of drug-likeness (QED) is 0.885. The van der Waals surface area contributed by atoms with Crippen LogP contribution in [0.5, 0.6) is 0 Å². The van der Waals surface area contributed by atoms with Crippen LogP contribution in [0.25, 0.3) is 0 Å². The zero-order valence-corrected chi connectivity index (χ0v) is 13.3. The first-order valence-corrected chi connectivity index (χ1v) is 6.95. The fourth-order valence-corrected chi connectivity index (χ4v) is 2.70. The topological polar surface area (TPSA) is 74.9 Å². The van der Waals surface area contributed by atoms with Crippen LogP contribution in [-0.4, -0.2) is 16.3 Å². The SMILES string of the molecule is CC(=O)c1c(C)c(C(=O)Nc2ccc(F)c(C#N)c2)n(C)c1C. The molecule has 0 aliphatic heterocycles. The van der Waals surface area contributed by atoms with Crippen LogP contribution in [-0.2, 0) is 7.05 Å². The van der Waals surface area contributed by atoms with E-state index in [1.807, 2.05) is 0 Å². The van der Waals surface area contributed by atoms with Gasteiger partial charge in [0.05, 0.1) is 5.56 Å². The van der Waals surface area contributed by atoms with E-state index in [2.05, 4.69) is 5.32 Å². The molecule has 2 aromatic rings. The van der Waals surface area contributed by atoms with E-state index in [9.17, 15) is 14.0 Å². The Bertz CT molecular complexity index is 860. The number of halogens is 1. The summed E-state index contributed by atoms with van der Waals surface area (Å²) in [5.74, 6) is -1.17. The standard InChI is InChI=1S/C17H16FN3O2/c1-9-15(11(3)22)10(2)21(4)16(9)17(23)20-13-5-6-14(18)12(7-13)8-19/h5-7H,1-4H3,(H,20,23). The number of ketones is 1. The van der Waals surface area contributed by atoms with Crippen molar-refractivity contribution in [3.05, 3.63) is 52.1 Å². The van der Waals surface area contributed by atoms with Gasteiger partial charge in [0.25, 0.3) is 5.91 Å². The van der Waals surface area contributed by atoms with Gasteiger partial charge in [-0.3, -0.25) is 9.59 Å². The molecule has 0 atom stereocenters. The maximum atomic E-state index is 13.3. The van der Waals surface area contributed by atoms with Crippen LogP contribution in [0.2, 0.25) is 0 Å². The Morgan fingerprint density at radius 2 is 1.96 bits per heavy atom. The Labute approximate surface area is 133 Å². The zero-order chi connectivity index (χ0) is 17.3. The van der Waals surface area contributed by atoms with E-state index in [-0.39, 0.29) is 11.3 Å². The first kappa shape index (κ1) is 16.4. The van der Waals surface area contributed by atoms with Gasteiger partial charge in [-0.1, -0.05) is 0 Å². The maximum Gasteiger partial charge on any atom is 0.272 e. The molecule has 0 spiro atoms. The molecule has 23 heavy (non-hydrogen) atoms. The predicted molar refractivity (Wildman–Crippen MR) is 84.0 cm³/mol. The monoisotopic (exact) mass is 313 g/mol. The van der Waals surface area contributed by atoms with Gasteiger partial charge >= 0.3 is 0 Å². The van der Waals surface area contributed by atoms with Gasteiger partial charge in [-0.2, -0.15) is 5.26 Å². The second kappa shape index (κ2) is 6.05. The van der Waals surface area contributed by atoms with Crippen molar-refractivity contribution >= 4 is 17.4 Å². The molecule has 0 unspecified atom stereocenters. The lowest BCUT2D eigenvalue weighted by Gasteiger charge is -2.08. The lowest BCUT2D eigenvalue weighted by atomic mass is 10.1. The molecule has 0 radical (unpaired) electrons. The number of hydrogen-bond donors (Lipinski definition) is 1. The van der Waals surface area contributed by atoms with Crippen molar-refractivity contribution in [2.45, 2.75) is 20.8 Å². The van der Waals surface area contributed by atoms with Crippen LogP contribution >= 0.6 is 0 Å². The number of nitrogens with zero attached hydrogens (tertiary/aromatic N) is 2. The van der Waals surface area contributed by atoms with Crippen molar-refractivity contribution in [2.75, 3.05) is 5.32 Å². The fraction of sp³-hybridized carbons (Fsp3) is 0.235. The third kappa shape index (κ3) is 2.86. The molecule has 1 aromatic carbocycles. The number of carbonyl (C=O) groups is 2. The molecule has 1 aromatic heterocycles. The largest absolute Gasteiger partial charge is 0.343 e. The van der Waals surface area contributed by atoms with Crippen LogP contribution < -0.4 is 5.32 Å². The first-order valence-electron chi connectivity index (χ1n) is 6.95. The van der Waals surface area contributed by atoms with E-state index >= 15 is 0 Å². The minimum Gasteiger partial charge on any atom is -0.343 e. The van der Waals surface area contributed by atoms with E-state index in [0.717, 1.165) is 6.07 Å². The highest BCUT2D eigenvalue weighted by Crippen LogP contribution is 2.23. The summed E-state index contributed by atoms with van der Waals surface area (Å²) in [4.78, 5) is 24.2. The average molecular weight is 313 g/mol. The molecular formula is C17H16FN3O2. The van der Waals surface area contributed by atoms with Crippen molar-refractivity contribution in [2.24, 2.45) is 7.05 Å². The van der Waals surface area contributed by atoms with Gasteiger partial charge in [0.15, 0.2) is 5.78 Å². The molecule has 6 heteroatoms. The van der Waals surface area contributed by atoms with Gasteiger partial charge in [0.1, 0.15) is 17.6 Å². The highest BCUT2D eigenvalue weighted by Gasteiger charge is 2.23. The molecule has 1 N–H and O–H groups in total. The van der Waals surface area contributed by atoms with Crippen molar-refractivity contribution < 1.29 is 14.0 Å². The third-order valence-electron chi connectivity index (χ3n) is 3.84. The number of Topliss-reactive ketones (excluding diaryl/α,β-unsaturated/α-hetero) is 1.